The van der Waals surface area contributed by atoms with Gasteiger partial charge in [-0.3, -0.25) is 14.9 Å². The summed E-state index contributed by atoms with van der Waals surface area (Å²) in [6.07, 6.45) is 0.515. The van der Waals surface area contributed by atoms with Crippen LogP contribution in [0.5, 0.6) is 5.75 Å². The summed E-state index contributed by atoms with van der Waals surface area (Å²) >= 11 is 0. The number of nitro benzene ring substituents is 1. The summed E-state index contributed by atoms with van der Waals surface area (Å²) in [7, 11) is 3.33. The molecule has 0 radical (unpaired) electrons. The van der Waals surface area contributed by atoms with E-state index in [0.717, 1.165) is 4.68 Å². The number of hydrogen-bond acceptors (Lipinski definition) is 8. The molecule has 0 aliphatic carbocycles. The van der Waals surface area contributed by atoms with Crippen LogP contribution < -0.4 is 20.5 Å². The quantitative estimate of drug-likeness (QED) is 0.273. The second-order valence-electron chi connectivity index (χ2n) is 7.34. The standard InChI is InChI=1S/C23H27N5O5/c1-4-26(2)22-15-19(16-7-5-8-18(13-16)33-3)25-27(23(22)30)21-14-17(24-11-6-12-29)9-10-20(21)28(31)32/h5,7-10,13-15,24,29H,4,6,11-12H2,1-3H3. The summed E-state index contributed by atoms with van der Waals surface area (Å²) < 4.78 is 6.38. The van der Waals surface area contributed by atoms with Crippen LogP contribution in [0.2, 0.25) is 0 Å². The van der Waals surface area contributed by atoms with Gasteiger partial charge >= 0.3 is 0 Å². The van der Waals surface area contributed by atoms with E-state index in [1.54, 1.807) is 43.3 Å². The van der Waals surface area contributed by atoms with E-state index >= 15 is 0 Å². The number of aliphatic hydroxyl groups is 1. The molecule has 0 aliphatic rings. The highest BCUT2D eigenvalue weighted by molar-refractivity contribution is 5.67. The minimum atomic E-state index is -0.539. The maximum Gasteiger partial charge on any atom is 0.295 e. The highest BCUT2D eigenvalue weighted by atomic mass is 16.6. The van der Waals surface area contributed by atoms with Crippen LogP contribution >= 0.6 is 0 Å². The molecule has 0 bridgehead atoms. The third kappa shape index (κ3) is 5.29. The monoisotopic (exact) mass is 453 g/mol. The number of benzene rings is 2. The Hall–Kier alpha value is -3.92. The van der Waals surface area contributed by atoms with Crippen molar-refractivity contribution in [3.8, 4) is 22.7 Å². The Morgan fingerprint density at radius 1 is 1.24 bits per heavy atom. The molecule has 0 saturated carbocycles. The number of aliphatic hydroxyl groups excluding tert-OH is 1. The number of ether oxygens (including phenoxy) is 1. The van der Waals surface area contributed by atoms with Gasteiger partial charge in [-0.15, -0.1) is 0 Å². The van der Waals surface area contributed by atoms with E-state index < -0.39 is 10.5 Å². The number of nitrogens with zero attached hydrogens (tertiary/aromatic N) is 4. The fourth-order valence-corrected chi connectivity index (χ4v) is 3.28. The maximum atomic E-state index is 13.4. The van der Waals surface area contributed by atoms with E-state index in [1.165, 1.54) is 12.1 Å². The molecule has 0 fully saturated rings. The molecule has 0 amide bonds. The zero-order valence-electron chi connectivity index (χ0n) is 18.8. The van der Waals surface area contributed by atoms with Gasteiger partial charge in [-0.1, -0.05) is 12.1 Å². The number of methoxy groups -OCH3 is 1. The molecular formula is C23H27N5O5. The zero-order chi connectivity index (χ0) is 24.0. The summed E-state index contributed by atoms with van der Waals surface area (Å²) in [4.78, 5) is 26.4. The number of nitrogens with one attached hydrogen (secondary N) is 1. The molecule has 2 aromatic carbocycles. The van der Waals surface area contributed by atoms with Crippen LogP contribution in [0.3, 0.4) is 0 Å². The minimum Gasteiger partial charge on any atom is -0.497 e. The Bertz CT molecular complexity index is 1190. The summed E-state index contributed by atoms with van der Waals surface area (Å²) in [5, 5.41) is 28.4. The lowest BCUT2D eigenvalue weighted by Gasteiger charge is -2.19. The smallest absolute Gasteiger partial charge is 0.295 e. The summed E-state index contributed by atoms with van der Waals surface area (Å²) in [5.41, 5.74) is 1.44. The van der Waals surface area contributed by atoms with Gasteiger partial charge in [-0.05, 0) is 43.7 Å². The molecule has 1 heterocycles. The first-order valence-corrected chi connectivity index (χ1v) is 10.5. The van der Waals surface area contributed by atoms with Crippen molar-refractivity contribution in [2.24, 2.45) is 0 Å². The first-order chi connectivity index (χ1) is 15.9. The van der Waals surface area contributed by atoms with Crippen molar-refractivity contribution in [1.82, 2.24) is 9.78 Å². The molecule has 0 spiro atoms. The van der Waals surface area contributed by atoms with Crippen molar-refractivity contribution in [2.45, 2.75) is 13.3 Å². The molecular weight excluding hydrogens is 426 g/mol. The van der Waals surface area contributed by atoms with E-state index in [-0.39, 0.29) is 18.0 Å². The van der Waals surface area contributed by atoms with Gasteiger partial charge in [-0.25, -0.2) is 0 Å². The first kappa shape index (κ1) is 23.7. The van der Waals surface area contributed by atoms with Crippen LogP contribution in [0, 0.1) is 10.1 Å². The van der Waals surface area contributed by atoms with Gasteiger partial charge in [0.25, 0.3) is 11.2 Å². The largest absolute Gasteiger partial charge is 0.497 e. The van der Waals surface area contributed by atoms with Gasteiger partial charge < -0.3 is 20.1 Å². The number of nitro groups is 1. The zero-order valence-corrected chi connectivity index (χ0v) is 18.8. The molecule has 0 unspecified atom stereocenters. The van der Waals surface area contributed by atoms with E-state index in [4.69, 9.17) is 9.84 Å². The number of rotatable bonds is 10. The van der Waals surface area contributed by atoms with Crippen LogP contribution in [-0.2, 0) is 0 Å². The van der Waals surface area contributed by atoms with E-state index in [2.05, 4.69) is 10.4 Å². The van der Waals surface area contributed by atoms with Crippen LogP contribution in [0.25, 0.3) is 16.9 Å². The molecule has 0 aliphatic heterocycles. The highest BCUT2D eigenvalue weighted by Crippen LogP contribution is 2.28. The highest BCUT2D eigenvalue weighted by Gasteiger charge is 2.22. The SMILES string of the molecule is CCN(C)c1cc(-c2cccc(OC)c2)nn(-c2cc(NCCCO)ccc2[N+](=O)[O-])c1=O. The number of aromatic nitrogens is 2. The molecule has 33 heavy (non-hydrogen) atoms. The molecule has 1 aromatic heterocycles. The summed E-state index contributed by atoms with van der Waals surface area (Å²) in [6, 6.07) is 13.3. The number of hydrogen-bond donors (Lipinski definition) is 2. The predicted octanol–water partition coefficient (Wildman–Crippen LogP) is 3.07. The Kier molecular flexibility index (Phi) is 7.62. The normalized spacial score (nSPS) is 10.7. The van der Waals surface area contributed by atoms with Crippen molar-refractivity contribution >= 4 is 17.1 Å². The van der Waals surface area contributed by atoms with Crippen LogP contribution in [-0.4, -0.2) is 53.7 Å². The Labute approximate surface area is 191 Å². The molecule has 0 atom stereocenters. The first-order valence-electron chi connectivity index (χ1n) is 10.5. The van der Waals surface area contributed by atoms with E-state index in [9.17, 15) is 14.9 Å². The lowest BCUT2D eigenvalue weighted by atomic mass is 10.1. The fourth-order valence-electron chi connectivity index (χ4n) is 3.28. The van der Waals surface area contributed by atoms with Gasteiger partial charge in [0.2, 0.25) is 0 Å². The van der Waals surface area contributed by atoms with Gasteiger partial charge in [-0.2, -0.15) is 9.78 Å². The molecule has 10 nitrogen and oxygen atoms in total. The van der Waals surface area contributed by atoms with Crippen LogP contribution in [0.1, 0.15) is 13.3 Å². The summed E-state index contributed by atoms with van der Waals surface area (Å²) in [6.45, 7) is 2.96. The van der Waals surface area contributed by atoms with Gasteiger partial charge in [0, 0.05) is 44.1 Å². The predicted molar refractivity (Wildman–Crippen MR) is 128 cm³/mol. The summed E-state index contributed by atoms with van der Waals surface area (Å²) in [5.74, 6) is 0.624. The average molecular weight is 453 g/mol. The Morgan fingerprint density at radius 2 is 2.03 bits per heavy atom. The van der Waals surface area contributed by atoms with E-state index in [1.807, 2.05) is 19.1 Å². The molecule has 2 N–H and O–H groups in total. The molecule has 174 valence electrons. The minimum absolute atomic E-state index is 0.0170. The van der Waals surface area contributed by atoms with E-state index in [0.29, 0.717) is 47.9 Å². The molecule has 3 aromatic rings. The average Bonchev–Trinajstić information content (AvgIpc) is 2.83. The lowest BCUT2D eigenvalue weighted by molar-refractivity contribution is -0.384. The van der Waals surface area contributed by atoms with Crippen LogP contribution in [0.4, 0.5) is 17.1 Å². The Balaban J connectivity index is 2.25. The van der Waals surface area contributed by atoms with Crippen molar-refractivity contribution in [3.63, 3.8) is 0 Å². The fraction of sp³-hybridized carbons (Fsp3) is 0.304. The third-order valence-electron chi connectivity index (χ3n) is 5.21. The van der Waals surface area contributed by atoms with Crippen molar-refractivity contribution in [2.75, 3.05) is 44.1 Å². The lowest BCUT2D eigenvalue weighted by Crippen LogP contribution is -2.30. The van der Waals surface area contributed by atoms with Gasteiger partial charge in [0.1, 0.15) is 17.1 Å². The molecule has 10 heteroatoms. The van der Waals surface area contributed by atoms with Gasteiger partial charge in [0.15, 0.2) is 0 Å². The van der Waals surface area contributed by atoms with Gasteiger partial charge in [0.05, 0.1) is 17.7 Å². The van der Waals surface area contributed by atoms with Crippen LogP contribution in [0.15, 0.2) is 53.3 Å². The molecule has 0 saturated heterocycles. The second kappa shape index (κ2) is 10.6. The van der Waals surface area contributed by atoms with Crippen molar-refractivity contribution < 1.29 is 14.8 Å². The topological polar surface area (TPSA) is 123 Å². The van der Waals surface area contributed by atoms with Crippen molar-refractivity contribution in [1.29, 1.82) is 0 Å². The number of anilines is 2. The Morgan fingerprint density at radius 3 is 2.70 bits per heavy atom. The van der Waals surface area contributed by atoms with Crippen molar-refractivity contribution in [3.05, 3.63) is 69.0 Å². The molecule has 3 rings (SSSR count). The maximum absolute atomic E-state index is 13.4. The second-order valence-corrected chi connectivity index (χ2v) is 7.34. The third-order valence-corrected chi connectivity index (χ3v) is 5.21.